The van der Waals surface area contributed by atoms with Crippen LogP contribution in [0.25, 0.3) is 10.9 Å². The molecule has 4 nitrogen and oxygen atoms in total. The topological polar surface area (TPSA) is 62.0 Å². The average Bonchev–Trinajstić information content (AvgIpc) is 2.60. The van der Waals surface area contributed by atoms with Gasteiger partial charge in [0.15, 0.2) is 0 Å². The van der Waals surface area contributed by atoms with E-state index in [1.54, 1.807) is 18.2 Å². The summed E-state index contributed by atoms with van der Waals surface area (Å²) in [5, 5.41) is 3.27. The number of fused-ring (bicyclic) bond motifs is 1. The van der Waals surface area contributed by atoms with E-state index in [0.29, 0.717) is 23.3 Å². The quantitative estimate of drug-likeness (QED) is 0.723. The molecule has 0 spiro atoms. The molecule has 2 aromatic carbocycles. The van der Waals surface area contributed by atoms with Crippen LogP contribution in [-0.4, -0.2) is 10.9 Å². The van der Waals surface area contributed by atoms with Gasteiger partial charge in [-0.3, -0.25) is 9.59 Å². The van der Waals surface area contributed by atoms with E-state index in [9.17, 15) is 9.59 Å². The Morgan fingerprint density at radius 3 is 2.48 bits per heavy atom. The van der Waals surface area contributed by atoms with Crippen LogP contribution in [0, 0.1) is 0 Å². The molecule has 1 aromatic heterocycles. The number of hydrogen-bond acceptors (Lipinski definition) is 2. The van der Waals surface area contributed by atoms with E-state index in [2.05, 4.69) is 10.3 Å². The van der Waals surface area contributed by atoms with Gasteiger partial charge >= 0.3 is 0 Å². The highest BCUT2D eigenvalue weighted by molar-refractivity contribution is 6.17. The maximum absolute atomic E-state index is 12.4. The molecule has 0 saturated heterocycles. The third-order valence-electron chi connectivity index (χ3n) is 3.66. The Hall–Kier alpha value is -2.59. The fraction of sp³-hybridized carbons (Fsp3) is 0.111. The Bertz CT molecular complexity index is 901. The van der Waals surface area contributed by atoms with Gasteiger partial charge in [0.25, 0.3) is 5.91 Å². The molecule has 0 bridgehead atoms. The number of nitrogens with one attached hydrogen (secondary N) is 2. The second-order valence-corrected chi connectivity index (χ2v) is 5.48. The van der Waals surface area contributed by atoms with Gasteiger partial charge in [-0.25, -0.2) is 0 Å². The number of H-pyrrole nitrogens is 1. The van der Waals surface area contributed by atoms with Crippen molar-refractivity contribution in [3.63, 3.8) is 0 Å². The van der Waals surface area contributed by atoms with Crippen molar-refractivity contribution in [2.75, 3.05) is 0 Å². The van der Waals surface area contributed by atoms with Crippen LogP contribution in [0.5, 0.6) is 0 Å². The summed E-state index contributed by atoms with van der Waals surface area (Å²) in [4.78, 5) is 27.6. The smallest absolute Gasteiger partial charge is 0.257 e. The lowest BCUT2D eigenvalue weighted by Gasteiger charge is -2.06. The molecule has 1 heterocycles. The SMILES string of the molecule is O=C(NCc1ccc(CCl)cc1)c1c[nH]c2ccccc2c1=O. The molecule has 5 heteroatoms. The van der Waals surface area contributed by atoms with Crippen LogP contribution in [0.15, 0.2) is 59.5 Å². The number of amides is 1. The third-order valence-corrected chi connectivity index (χ3v) is 3.97. The first-order valence-corrected chi connectivity index (χ1v) is 7.75. The minimum atomic E-state index is -0.390. The summed E-state index contributed by atoms with van der Waals surface area (Å²) in [5.74, 6) is 0.0671. The van der Waals surface area contributed by atoms with E-state index >= 15 is 0 Å². The molecule has 0 aliphatic rings. The summed E-state index contributed by atoms with van der Waals surface area (Å²) < 4.78 is 0. The van der Waals surface area contributed by atoms with Crippen molar-refractivity contribution < 1.29 is 4.79 Å². The maximum atomic E-state index is 12.4. The summed E-state index contributed by atoms with van der Waals surface area (Å²) in [6.45, 7) is 0.355. The molecule has 3 aromatic rings. The third kappa shape index (κ3) is 3.27. The number of benzene rings is 2. The van der Waals surface area contributed by atoms with Crippen molar-refractivity contribution in [2.45, 2.75) is 12.4 Å². The van der Waals surface area contributed by atoms with Crippen molar-refractivity contribution in [3.05, 3.63) is 81.6 Å². The molecule has 0 aliphatic heterocycles. The summed E-state index contributed by atoms with van der Waals surface area (Å²) in [6, 6.07) is 14.8. The van der Waals surface area contributed by atoms with Crippen LogP contribution in [0.3, 0.4) is 0 Å². The molecule has 23 heavy (non-hydrogen) atoms. The largest absolute Gasteiger partial charge is 0.360 e. The van der Waals surface area contributed by atoms with Gasteiger partial charge in [0, 0.05) is 29.5 Å². The van der Waals surface area contributed by atoms with Crippen molar-refractivity contribution in [2.24, 2.45) is 0 Å². The lowest BCUT2D eigenvalue weighted by molar-refractivity contribution is 0.0949. The summed E-state index contributed by atoms with van der Waals surface area (Å²) >= 11 is 5.74. The number of pyridine rings is 1. The lowest BCUT2D eigenvalue weighted by Crippen LogP contribution is -2.28. The minimum Gasteiger partial charge on any atom is -0.360 e. The first kappa shape index (κ1) is 15.3. The zero-order chi connectivity index (χ0) is 16.2. The molecular formula is C18H15ClN2O2. The molecule has 0 fully saturated rings. The van der Waals surface area contributed by atoms with Crippen molar-refractivity contribution >= 4 is 28.4 Å². The molecule has 2 N–H and O–H groups in total. The first-order chi connectivity index (χ1) is 11.2. The highest BCUT2D eigenvalue weighted by Crippen LogP contribution is 2.08. The number of carbonyl (C=O) groups is 1. The van der Waals surface area contributed by atoms with Gasteiger partial charge in [-0.1, -0.05) is 36.4 Å². The van der Waals surface area contributed by atoms with Gasteiger partial charge in [0.2, 0.25) is 5.43 Å². The van der Waals surface area contributed by atoms with Crippen LogP contribution in [0.2, 0.25) is 0 Å². The Kier molecular flexibility index (Phi) is 4.44. The van der Waals surface area contributed by atoms with Gasteiger partial charge in [-0.2, -0.15) is 0 Å². The maximum Gasteiger partial charge on any atom is 0.257 e. The first-order valence-electron chi connectivity index (χ1n) is 7.21. The van der Waals surface area contributed by atoms with Gasteiger partial charge in [-0.05, 0) is 23.3 Å². The van der Waals surface area contributed by atoms with Gasteiger partial charge in [0.05, 0.1) is 0 Å². The molecule has 0 saturated carbocycles. The van der Waals surface area contributed by atoms with Crippen LogP contribution in [0.4, 0.5) is 0 Å². The Morgan fingerprint density at radius 2 is 1.74 bits per heavy atom. The van der Waals surface area contributed by atoms with E-state index in [1.807, 2.05) is 30.3 Å². The molecule has 0 unspecified atom stereocenters. The van der Waals surface area contributed by atoms with Crippen LogP contribution in [0.1, 0.15) is 21.5 Å². The van der Waals surface area contributed by atoms with E-state index < -0.39 is 5.91 Å². The van der Waals surface area contributed by atoms with Crippen molar-refractivity contribution in [1.29, 1.82) is 0 Å². The minimum absolute atomic E-state index is 0.112. The van der Waals surface area contributed by atoms with Crippen LogP contribution >= 0.6 is 11.6 Å². The van der Waals surface area contributed by atoms with E-state index in [1.165, 1.54) is 6.20 Å². The standard InChI is InChI=1S/C18H15ClN2O2/c19-9-12-5-7-13(8-6-12)10-21-18(23)15-11-20-16-4-2-1-3-14(16)17(15)22/h1-8,11H,9-10H2,(H,20,22)(H,21,23). The molecular weight excluding hydrogens is 312 g/mol. The number of halogens is 1. The fourth-order valence-electron chi connectivity index (χ4n) is 2.36. The fourth-order valence-corrected chi connectivity index (χ4v) is 2.54. The second-order valence-electron chi connectivity index (χ2n) is 5.21. The zero-order valence-electron chi connectivity index (χ0n) is 12.3. The Morgan fingerprint density at radius 1 is 1.04 bits per heavy atom. The predicted molar refractivity (Wildman–Crippen MR) is 91.7 cm³/mol. The summed E-state index contributed by atoms with van der Waals surface area (Å²) in [6.07, 6.45) is 1.45. The average molecular weight is 327 g/mol. The molecule has 116 valence electrons. The Labute approximate surface area is 138 Å². The number of hydrogen-bond donors (Lipinski definition) is 2. The molecule has 1 amide bonds. The second kappa shape index (κ2) is 6.67. The monoisotopic (exact) mass is 326 g/mol. The lowest BCUT2D eigenvalue weighted by atomic mass is 10.1. The number of alkyl halides is 1. The summed E-state index contributed by atoms with van der Waals surface area (Å²) in [5.41, 5.74) is 2.53. The van der Waals surface area contributed by atoms with Gasteiger partial charge in [-0.15, -0.1) is 11.6 Å². The number of aromatic nitrogens is 1. The van der Waals surface area contributed by atoms with E-state index in [0.717, 1.165) is 11.1 Å². The highest BCUT2D eigenvalue weighted by Gasteiger charge is 2.12. The zero-order valence-corrected chi connectivity index (χ0v) is 13.1. The number of carbonyl (C=O) groups excluding carboxylic acids is 1. The number of para-hydroxylation sites is 1. The highest BCUT2D eigenvalue weighted by atomic mass is 35.5. The number of rotatable bonds is 4. The van der Waals surface area contributed by atoms with Crippen LogP contribution in [-0.2, 0) is 12.4 Å². The van der Waals surface area contributed by atoms with E-state index in [4.69, 9.17) is 11.6 Å². The van der Waals surface area contributed by atoms with Gasteiger partial charge in [0.1, 0.15) is 5.56 Å². The van der Waals surface area contributed by atoms with Crippen molar-refractivity contribution in [1.82, 2.24) is 10.3 Å². The number of aromatic amines is 1. The van der Waals surface area contributed by atoms with Crippen molar-refractivity contribution in [3.8, 4) is 0 Å². The molecule has 0 radical (unpaired) electrons. The molecule has 0 aliphatic carbocycles. The Balaban J connectivity index is 1.78. The molecule has 0 atom stereocenters. The normalized spacial score (nSPS) is 10.7. The summed E-state index contributed by atoms with van der Waals surface area (Å²) in [7, 11) is 0. The van der Waals surface area contributed by atoms with E-state index in [-0.39, 0.29) is 11.0 Å². The molecule has 3 rings (SSSR count). The van der Waals surface area contributed by atoms with Crippen LogP contribution < -0.4 is 10.7 Å². The van der Waals surface area contributed by atoms with Gasteiger partial charge < -0.3 is 10.3 Å². The predicted octanol–water partition coefficient (Wildman–Crippen LogP) is 3.20.